The maximum absolute atomic E-state index is 11.4. The summed E-state index contributed by atoms with van der Waals surface area (Å²) in [6.45, 7) is 1.75. The average molecular weight is 298 g/mol. The highest BCUT2D eigenvalue weighted by atomic mass is 16.1. The van der Waals surface area contributed by atoms with Gasteiger partial charge in [-0.2, -0.15) is 0 Å². The average Bonchev–Trinajstić information content (AvgIpc) is 2.57. The van der Waals surface area contributed by atoms with Crippen LogP contribution in [0.2, 0.25) is 0 Å². The van der Waals surface area contributed by atoms with Crippen LogP contribution in [0.5, 0.6) is 0 Å². The van der Waals surface area contributed by atoms with E-state index in [0.717, 1.165) is 37.6 Å². The highest BCUT2D eigenvalue weighted by Crippen LogP contribution is 2.21. The van der Waals surface area contributed by atoms with E-state index in [9.17, 15) is 4.79 Å². The molecule has 22 heavy (non-hydrogen) atoms. The largest absolute Gasteiger partial charge is 0.381 e. The molecule has 0 aromatic carbocycles. The van der Waals surface area contributed by atoms with Gasteiger partial charge in [-0.1, -0.05) is 0 Å². The molecule has 0 spiro atoms. The van der Waals surface area contributed by atoms with Gasteiger partial charge in [0.2, 0.25) is 5.95 Å². The summed E-state index contributed by atoms with van der Waals surface area (Å²) in [4.78, 5) is 26.1. The number of rotatable bonds is 4. The lowest BCUT2D eigenvalue weighted by atomic mass is 10.0. The highest BCUT2D eigenvalue weighted by molar-refractivity contribution is 5.98. The summed E-state index contributed by atoms with van der Waals surface area (Å²) >= 11 is 0. The molecule has 0 unspecified atom stereocenters. The summed E-state index contributed by atoms with van der Waals surface area (Å²) in [5, 5.41) is 3.39. The van der Waals surface area contributed by atoms with E-state index in [0.29, 0.717) is 11.6 Å². The van der Waals surface area contributed by atoms with Crippen LogP contribution in [0.3, 0.4) is 0 Å². The first kappa shape index (κ1) is 14.2. The van der Waals surface area contributed by atoms with Crippen molar-refractivity contribution in [3.05, 3.63) is 42.5 Å². The number of hydrogen-bond acceptors (Lipinski definition) is 6. The van der Waals surface area contributed by atoms with E-state index in [1.807, 2.05) is 6.07 Å². The molecule has 0 saturated carbocycles. The Bertz CT molecular complexity index is 639. The second-order valence-corrected chi connectivity index (χ2v) is 5.24. The molecule has 0 bridgehead atoms. The summed E-state index contributed by atoms with van der Waals surface area (Å²) in [6, 6.07) is 3.89. The van der Waals surface area contributed by atoms with Gasteiger partial charge in [0.25, 0.3) is 5.91 Å². The third-order valence-electron chi connectivity index (χ3n) is 3.78. The summed E-state index contributed by atoms with van der Waals surface area (Å²) in [5.74, 6) is 0.299. The fourth-order valence-corrected chi connectivity index (χ4v) is 2.61. The molecule has 0 aliphatic carbocycles. The van der Waals surface area contributed by atoms with Gasteiger partial charge >= 0.3 is 0 Å². The number of anilines is 2. The van der Waals surface area contributed by atoms with E-state index in [2.05, 4.69) is 25.2 Å². The number of nitrogens with zero attached hydrogens (tertiary/aromatic N) is 4. The Balaban J connectivity index is 1.62. The molecule has 114 valence electrons. The third-order valence-corrected chi connectivity index (χ3v) is 3.78. The van der Waals surface area contributed by atoms with Crippen LogP contribution in [0.15, 0.2) is 36.9 Å². The van der Waals surface area contributed by atoms with Crippen molar-refractivity contribution in [3.8, 4) is 0 Å². The second-order valence-electron chi connectivity index (χ2n) is 5.24. The first-order valence-corrected chi connectivity index (χ1v) is 7.26. The number of pyridine rings is 1. The van der Waals surface area contributed by atoms with Crippen molar-refractivity contribution in [2.45, 2.75) is 18.9 Å². The van der Waals surface area contributed by atoms with Crippen molar-refractivity contribution in [2.75, 3.05) is 23.3 Å². The Morgan fingerprint density at radius 1 is 1.23 bits per heavy atom. The monoisotopic (exact) mass is 298 g/mol. The van der Waals surface area contributed by atoms with Gasteiger partial charge in [-0.05, 0) is 25.0 Å². The number of carbonyl (C=O) groups is 1. The molecule has 1 amide bonds. The number of primary amides is 1. The fraction of sp³-hybridized carbons (Fsp3) is 0.333. The van der Waals surface area contributed by atoms with E-state index in [1.54, 1.807) is 24.7 Å². The number of carbonyl (C=O) groups excluding carboxylic acids is 1. The first-order valence-electron chi connectivity index (χ1n) is 7.26. The van der Waals surface area contributed by atoms with Gasteiger partial charge in [-0.15, -0.1) is 0 Å². The molecule has 3 rings (SSSR count). The van der Waals surface area contributed by atoms with Crippen LogP contribution in [0, 0.1) is 0 Å². The predicted octanol–water partition coefficient (Wildman–Crippen LogP) is 1.05. The molecule has 0 atom stereocenters. The number of piperidine rings is 1. The van der Waals surface area contributed by atoms with Gasteiger partial charge in [0.05, 0.1) is 11.3 Å². The number of amides is 1. The molecule has 1 aliphatic rings. The normalized spacial score (nSPS) is 15.5. The minimum absolute atomic E-state index is 0.292. The van der Waals surface area contributed by atoms with Crippen LogP contribution in [-0.2, 0) is 0 Å². The van der Waals surface area contributed by atoms with Gasteiger partial charge in [-0.25, -0.2) is 9.97 Å². The standard InChI is InChI=1S/C15H18N6O/c16-14(22)12-10-17-7-2-13(12)20-11-3-8-21(9-4-11)15-18-5-1-6-19-15/h1-2,5-7,10-11H,3-4,8-9H2,(H2,16,22)(H,17,20). The van der Waals surface area contributed by atoms with Crippen molar-refractivity contribution in [1.29, 1.82) is 0 Å². The predicted molar refractivity (Wildman–Crippen MR) is 83.6 cm³/mol. The zero-order chi connectivity index (χ0) is 15.4. The van der Waals surface area contributed by atoms with Crippen molar-refractivity contribution in [1.82, 2.24) is 15.0 Å². The van der Waals surface area contributed by atoms with Crippen molar-refractivity contribution in [2.24, 2.45) is 5.73 Å². The van der Waals surface area contributed by atoms with Crippen LogP contribution < -0.4 is 16.0 Å². The Morgan fingerprint density at radius 3 is 2.64 bits per heavy atom. The van der Waals surface area contributed by atoms with E-state index in [-0.39, 0.29) is 0 Å². The minimum Gasteiger partial charge on any atom is -0.381 e. The van der Waals surface area contributed by atoms with E-state index >= 15 is 0 Å². The van der Waals surface area contributed by atoms with E-state index in [4.69, 9.17) is 5.73 Å². The van der Waals surface area contributed by atoms with Gasteiger partial charge in [0.1, 0.15) is 0 Å². The molecular weight excluding hydrogens is 280 g/mol. The molecule has 2 aromatic rings. The molecule has 7 heteroatoms. The van der Waals surface area contributed by atoms with Crippen LogP contribution in [-0.4, -0.2) is 40.0 Å². The molecule has 3 heterocycles. The molecule has 1 saturated heterocycles. The molecule has 2 aromatic heterocycles. The molecule has 1 aliphatic heterocycles. The smallest absolute Gasteiger partial charge is 0.252 e. The van der Waals surface area contributed by atoms with Crippen molar-refractivity contribution < 1.29 is 4.79 Å². The summed E-state index contributed by atoms with van der Waals surface area (Å²) in [5.41, 5.74) is 6.55. The lowest BCUT2D eigenvalue weighted by molar-refractivity contribution is 0.100. The molecule has 0 radical (unpaired) electrons. The van der Waals surface area contributed by atoms with Crippen LogP contribution in [0.25, 0.3) is 0 Å². The van der Waals surface area contributed by atoms with Crippen LogP contribution in [0.4, 0.5) is 11.6 Å². The summed E-state index contributed by atoms with van der Waals surface area (Å²) in [7, 11) is 0. The maximum Gasteiger partial charge on any atom is 0.252 e. The van der Waals surface area contributed by atoms with Crippen LogP contribution in [0.1, 0.15) is 23.2 Å². The number of aromatic nitrogens is 3. The third kappa shape index (κ3) is 3.13. The zero-order valence-corrected chi connectivity index (χ0v) is 12.1. The van der Waals surface area contributed by atoms with Crippen molar-refractivity contribution in [3.63, 3.8) is 0 Å². The van der Waals surface area contributed by atoms with Gasteiger partial charge in [0.15, 0.2) is 0 Å². The number of hydrogen-bond donors (Lipinski definition) is 2. The summed E-state index contributed by atoms with van der Waals surface area (Å²) in [6.07, 6.45) is 8.54. The van der Waals surface area contributed by atoms with E-state index < -0.39 is 5.91 Å². The Hall–Kier alpha value is -2.70. The molecule has 1 fully saturated rings. The van der Waals surface area contributed by atoms with Gasteiger partial charge in [-0.3, -0.25) is 9.78 Å². The first-order chi connectivity index (χ1) is 10.7. The molecule has 3 N–H and O–H groups in total. The number of nitrogens with one attached hydrogen (secondary N) is 1. The fourth-order valence-electron chi connectivity index (χ4n) is 2.61. The quantitative estimate of drug-likeness (QED) is 0.875. The minimum atomic E-state index is -0.467. The lowest BCUT2D eigenvalue weighted by Crippen LogP contribution is -2.40. The zero-order valence-electron chi connectivity index (χ0n) is 12.1. The topological polar surface area (TPSA) is 97.0 Å². The second kappa shape index (κ2) is 6.38. The van der Waals surface area contributed by atoms with Crippen molar-refractivity contribution >= 4 is 17.5 Å². The molecular formula is C15H18N6O. The van der Waals surface area contributed by atoms with Gasteiger partial charge < -0.3 is 16.0 Å². The SMILES string of the molecule is NC(=O)c1cnccc1NC1CCN(c2ncccn2)CC1. The van der Waals surface area contributed by atoms with E-state index in [1.165, 1.54) is 6.20 Å². The highest BCUT2D eigenvalue weighted by Gasteiger charge is 2.21. The van der Waals surface area contributed by atoms with Crippen LogP contribution >= 0.6 is 0 Å². The van der Waals surface area contributed by atoms with Gasteiger partial charge in [0, 0.05) is 43.9 Å². The Kier molecular flexibility index (Phi) is 4.13. The Labute approximate surface area is 128 Å². The Morgan fingerprint density at radius 2 is 1.95 bits per heavy atom. The molecule has 7 nitrogen and oxygen atoms in total. The lowest BCUT2D eigenvalue weighted by Gasteiger charge is -2.33. The summed E-state index contributed by atoms with van der Waals surface area (Å²) < 4.78 is 0. The number of nitrogens with two attached hydrogens (primary N) is 1. The maximum atomic E-state index is 11.4.